The van der Waals surface area contributed by atoms with Gasteiger partial charge in [0.25, 0.3) is 0 Å². The Kier molecular flexibility index (Phi) is 3.45. The van der Waals surface area contributed by atoms with Crippen molar-refractivity contribution in [3.05, 3.63) is 22.3 Å². The number of hydrogen-bond acceptors (Lipinski definition) is 3. The molecule has 0 aliphatic carbocycles. The molecule has 0 amide bonds. The van der Waals surface area contributed by atoms with E-state index in [1.54, 1.807) is 0 Å². The lowest BCUT2D eigenvalue weighted by atomic mass is 9.85. The molecule has 0 spiro atoms. The number of fused-ring (bicyclic) bond motifs is 1. The molecule has 0 bridgehead atoms. The van der Waals surface area contributed by atoms with Crippen molar-refractivity contribution in [2.75, 3.05) is 0 Å². The van der Waals surface area contributed by atoms with Gasteiger partial charge in [0.1, 0.15) is 17.1 Å². The van der Waals surface area contributed by atoms with Crippen LogP contribution in [0.1, 0.15) is 48.4 Å². The first-order valence-electron chi connectivity index (χ1n) is 6.77. The maximum Gasteiger partial charge on any atom is 0.127 e. The quantitative estimate of drug-likeness (QED) is 0.881. The summed E-state index contributed by atoms with van der Waals surface area (Å²) in [6.45, 7) is 7.93. The predicted molar refractivity (Wildman–Crippen MR) is 74.5 cm³/mol. The summed E-state index contributed by atoms with van der Waals surface area (Å²) in [5.74, 6) is 1.31. The second-order valence-corrected chi connectivity index (χ2v) is 5.74. The molecule has 1 unspecified atom stereocenters. The van der Waals surface area contributed by atoms with Gasteiger partial charge in [0.2, 0.25) is 0 Å². The predicted octanol–water partition coefficient (Wildman–Crippen LogP) is 3.70. The van der Waals surface area contributed by atoms with Crippen molar-refractivity contribution in [1.82, 2.24) is 0 Å². The van der Waals surface area contributed by atoms with E-state index in [1.165, 1.54) is 0 Å². The second-order valence-electron chi connectivity index (χ2n) is 5.74. The van der Waals surface area contributed by atoms with Crippen LogP contribution in [0.25, 0.3) is 0 Å². The van der Waals surface area contributed by atoms with Crippen molar-refractivity contribution in [3.8, 4) is 17.6 Å². The van der Waals surface area contributed by atoms with Crippen molar-refractivity contribution < 1.29 is 9.84 Å². The molecule has 102 valence electrons. The van der Waals surface area contributed by atoms with Crippen LogP contribution in [0.2, 0.25) is 0 Å². The largest absolute Gasteiger partial charge is 0.507 e. The molecule has 2 rings (SSSR count). The molecule has 3 heteroatoms. The fourth-order valence-electron chi connectivity index (χ4n) is 2.79. The highest BCUT2D eigenvalue weighted by atomic mass is 16.5. The summed E-state index contributed by atoms with van der Waals surface area (Å²) in [6.07, 6.45) is 3.06. The maximum atomic E-state index is 10.1. The van der Waals surface area contributed by atoms with Crippen LogP contribution in [0.3, 0.4) is 0 Å². The minimum Gasteiger partial charge on any atom is -0.507 e. The molecule has 1 atom stereocenters. The number of aromatic hydroxyl groups is 1. The first-order chi connectivity index (χ1) is 8.89. The van der Waals surface area contributed by atoms with Crippen molar-refractivity contribution in [2.45, 2.75) is 59.0 Å². The third kappa shape index (κ3) is 2.28. The number of phenols is 1. The summed E-state index contributed by atoms with van der Waals surface area (Å²) in [5.41, 5.74) is 3.70. The lowest BCUT2D eigenvalue weighted by Crippen LogP contribution is -2.37. The SMILES string of the molecule is Cc1c(C)c2c(c(C)c1O)CCC(C)(CCC#N)O2. The van der Waals surface area contributed by atoms with Gasteiger partial charge in [-0.05, 0) is 63.6 Å². The topological polar surface area (TPSA) is 53.2 Å². The average Bonchev–Trinajstić information content (AvgIpc) is 2.40. The monoisotopic (exact) mass is 259 g/mol. The fourth-order valence-corrected chi connectivity index (χ4v) is 2.79. The van der Waals surface area contributed by atoms with E-state index < -0.39 is 0 Å². The first-order valence-corrected chi connectivity index (χ1v) is 6.77. The van der Waals surface area contributed by atoms with Crippen molar-refractivity contribution in [3.63, 3.8) is 0 Å². The zero-order chi connectivity index (χ0) is 14.2. The summed E-state index contributed by atoms with van der Waals surface area (Å²) < 4.78 is 6.21. The van der Waals surface area contributed by atoms with Gasteiger partial charge in [-0.3, -0.25) is 0 Å². The minimum absolute atomic E-state index is 0.261. The summed E-state index contributed by atoms with van der Waals surface area (Å²) >= 11 is 0. The van der Waals surface area contributed by atoms with Crippen molar-refractivity contribution in [1.29, 1.82) is 5.26 Å². The number of phenolic OH excluding ortho intramolecular Hbond substituents is 1. The Morgan fingerprint density at radius 2 is 1.95 bits per heavy atom. The van der Waals surface area contributed by atoms with E-state index in [1.807, 2.05) is 20.8 Å². The Morgan fingerprint density at radius 1 is 1.26 bits per heavy atom. The van der Waals surface area contributed by atoms with Crippen LogP contribution in [-0.2, 0) is 6.42 Å². The van der Waals surface area contributed by atoms with Gasteiger partial charge >= 0.3 is 0 Å². The van der Waals surface area contributed by atoms with Crippen molar-refractivity contribution in [2.24, 2.45) is 0 Å². The Morgan fingerprint density at radius 3 is 2.58 bits per heavy atom. The van der Waals surface area contributed by atoms with Gasteiger partial charge < -0.3 is 9.84 Å². The van der Waals surface area contributed by atoms with E-state index in [9.17, 15) is 5.11 Å². The Bertz CT molecular complexity index is 557. The number of rotatable bonds is 2. The average molecular weight is 259 g/mol. The van der Waals surface area contributed by atoms with Gasteiger partial charge in [0, 0.05) is 12.0 Å². The molecule has 3 nitrogen and oxygen atoms in total. The summed E-state index contributed by atoms with van der Waals surface area (Å²) in [5, 5.41) is 18.9. The van der Waals surface area contributed by atoms with Gasteiger partial charge in [-0.25, -0.2) is 0 Å². The molecule has 0 radical (unpaired) electrons. The highest BCUT2D eigenvalue weighted by molar-refractivity contribution is 5.58. The van der Waals surface area contributed by atoms with Crippen LogP contribution >= 0.6 is 0 Å². The Labute approximate surface area is 114 Å². The van der Waals surface area contributed by atoms with E-state index in [-0.39, 0.29) is 5.60 Å². The molecule has 0 fully saturated rings. The molecule has 19 heavy (non-hydrogen) atoms. The molecule has 1 aromatic rings. The molecule has 0 saturated heterocycles. The molecule has 1 aromatic carbocycles. The second kappa shape index (κ2) is 4.77. The molecule has 1 aliphatic heterocycles. The maximum absolute atomic E-state index is 10.1. The van der Waals surface area contributed by atoms with E-state index in [4.69, 9.17) is 10.00 Å². The number of ether oxygens (including phenoxy) is 1. The van der Waals surface area contributed by atoms with Crippen LogP contribution in [0.5, 0.6) is 11.5 Å². The van der Waals surface area contributed by atoms with E-state index in [0.29, 0.717) is 12.2 Å². The zero-order valence-corrected chi connectivity index (χ0v) is 12.1. The molecule has 0 aromatic heterocycles. The Balaban J connectivity index is 2.44. The van der Waals surface area contributed by atoms with Crippen LogP contribution in [0, 0.1) is 32.1 Å². The van der Waals surface area contributed by atoms with E-state index >= 15 is 0 Å². The molecule has 0 saturated carbocycles. The van der Waals surface area contributed by atoms with Gasteiger partial charge in [-0.1, -0.05) is 0 Å². The van der Waals surface area contributed by atoms with E-state index in [2.05, 4.69) is 13.0 Å². The van der Waals surface area contributed by atoms with Crippen LogP contribution < -0.4 is 4.74 Å². The first kappa shape index (κ1) is 13.7. The lowest BCUT2D eigenvalue weighted by molar-refractivity contribution is 0.0563. The molecular formula is C16H21NO2. The highest BCUT2D eigenvalue weighted by Crippen LogP contribution is 2.44. The molecule has 1 N–H and O–H groups in total. The van der Waals surface area contributed by atoms with Gasteiger partial charge in [0.15, 0.2) is 0 Å². The lowest BCUT2D eigenvalue weighted by Gasteiger charge is -2.37. The molecule has 1 heterocycles. The highest BCUT2D eigenvalue weighted by Gasteiger charge is 2.34. The normalized spacial score (nSPS) is 21.4. The summed E-state index contributed by atoms with van der Waals surface area (Å²) in [4.78, 5) is 0. The number of benzene rings is 1. The van der Waals surface area contributed by atoms with Crippen LogP contribution in [0.15, 0.2) is 0 Å². The van der Waals surface area contributed by atoms with Gasteiger partial charge in [-0.15, -0.1) is 0 Å². The number of nitrogens with zero attached hydrogens (tertiary/aromatic N) is 1. The molecular weight excluding hydrogens is 238 g/mol. The van der Waals surface area contributed by atoms with E-state index in [0.717, 1.165) is 47.3 Å². The van der Waals surface area contributed by atoms with Gasteiger partial charge in [-0.2, -0.15) is 5.26 Å². The summed E-state index contributed by atoms with van der Waals surface area (Å²) in [6, 6.07) is 2.19. The van der Waals surface area contributed by atoms with Crippen LogP contribution in [-0.4, -0.2) is 10.7 Å². The Hall–Kier alpha value is -1.69. The number of nitriles is 1. The minimum atomic E-state index is -0.261. The van der Waals surface area contributed by atoms with Gasteiger partial charge in [0.05, 0.1) is 6.07 Å². The molecule has 1 aliphatic rings. The van der Waals surface area contributed by atoms with Crippen LogP contribution in [0.4, 0.5) is 0 Å². The zero-order valence-electron chi connectivity index (χ0n) is 12.1. The third-order valence-corrected chi connectivity index (χ3v) is 4.36. The fraction of sp³-hybridized carbons (Fsp3) is 0.562. The standard InChI is InChI=1S/C16H21NO2/c1-10-11(2)15-13(12(3)14(10)18)6-8-16(4,19-15)7-5-9-17/h18H,5-8H2,1-4H3. The number of hydrogen-bond donors (Lipinski definition) is 1. The summed E-state index contributed by atoms with van der Waals surface area (Å²) in [7, 11) is 0. The van der Waals surface area contributed by atoms with Crippen molar-refractivity contribution >= 4 is 0 Å². The smallest absolute Gasteiger partial charge is 0.127 e. The third-order valence-electron chi connectivity index (χ3n) is 4.36.